The van der Waals surface area contributed by atoms with Gasteiger partial charge in [-0.3, -0.25) is 0 Å². The Morgan fingerprint density at radius 2 is 1.83 bits per heavy atom. The lowest BCUT2D eigenvalue weighted by Crippen LogP contribution is -2.27. The molecule has 0 unspecified atom stereocenters. The predicted octanol–water partition coefficient (Wildman–Crippen LogP) is 5.16. The lowest BCUT2D eigenvalue weighted by Gasteiger charge is -2.27. The first-order valence-corrected chi connectivity index (χ1v) is 9.94. The number of ether oxygens (including phenoxy) is 1. The maximum atomic E-state index is 5.67. The number of likely N-dealkylation sites (tertiary alicyclic amines) is 1. The fraction of sp³-hybridized carbons (Fsp3) is 0.333. The number of nitrogens with zero attached hydrogens (tertiary/aromatic N) is 1. The lowest BCUT2D eigenvalue weighted by atomic mass is 9.87. The molecule has 1 aliphatic rings. The van der Waals surface area contributed by atoms with Crippen LogP contribution in [0.15, 0.2) is 54.1 Å². The summed E-state index contributed by atoms with van der Waals surface area (Å²) < 4.78 is 6.70. The zero-order valence-electron chi connectivity index (χ0n) is 14.4. The second-order valence-corrected chi connectivity index (χ2v) is 7.08. The highest BCUT2D eigenvalue weighted by atomic mass is 127. The van der Waals surface area contributed by atoms with E-state index in [1.807, 2.05) is 6.07 Å². The first-order valence-electron chi connectivity index (χ1n) is 8.42. The van der Waals surface area contributed by atoms with Gasteiger partial charge in [0.1, 0.15) is 5.75 Å². The molecular weight excluding hydrogens is 409 g/mol. The molecule has 0 bridgehead atoms. The maximum absolute atomic E-state index is 5.67. The SMILES string of the molecule is COc1ccccc1C(=C1CCN(C)CC1)c1cccc(CI)c1. The molecule has 126 valence electrons. The molecule has 24 heavy (non-hydrogen) atoms. The predicted molar refractivity (Wildman–Crippen MR) is 110 cm³/mol. The Hall–Kier alpha value is -1.33. The molecule has 0 N–H and O–H groups in total. The molecule has 3 rings (SSSR count). The van der Waals surface area contributed by atoms with Crippen LogP contribution in [0, 0.1) is 0 Å². The van der Waals surface area contributed by atoms with E-state index in [4.69, 9.17) is 4.74 Å². The first kappa shape index (κ1) is 17.5. The quantitative estimate of drug-likeness (QED) is 0.488. The van der Waals surface area contributed by atoms with Crippen molar-refractivity contribution in [2.75, 3.05) is 27.2 Å². The molecular formula is C21H24INO. The van der Waals surface area contributed by atoms with E-state index in [0.717, 1.165) is 36.1 Å². The number of hydrogen-bond acceptors (Lipinski definition) is 2. The summed E-state index contributed by atoms with van der Waals surface area (Å²) in [5.74, 6) is 0.957. The first-order chi connectivity index (χ1) is 11.7. The van der Waals surface area contributed by atoms with Gasteiger partial charge < -0.3 is 9.64 Å². The highest BCUT2D eigenvalue weighted by Gasteiger charge is 2.19. The normalized spacial score (nSPS) is 15.4. The zero-order chi connectivity index (χ0) is 16.9. The van der Waals surface area contributed by atoms with Crippen LogP contribution in [0.2, 0.25) is 0 Å². The average molecular weight is 433 g/mol. The number of piperidine rings is 1. The van der Waals surface area contributed by atoms with Gasteiger partial charge in [0.2, 0.25) is 0 Å². The Morgan fingerprint density at radius 3 is 2.54 bits per heavy atom. The number of alkyl halides is 1. The molecule has 1 saturated heterocycles. The van der Waals surface area contributed by atoms with Gasteiger partial charge in [0.25, 0.3) is 0 Å². The Morgan fingerprint density at radius 1 is 1.08 bits per heavy atom. The third kappa shape index (κ3) is 3.83. The fourth-order valence-electron chi connectivity index (χ4n) is 3.35. The van der Waals surface area contributed by atoms with Gasteiger partial charge in [0.05, 0.1) is 7.11 Å². The van der Waals surface area contributed by atoms with Crippen molar-refractivity contribution in [3.63, 3.8) is 0 Å². The molecule has 1 heterocycles. The van der Waals surface area contributed by atoms with E-state index >= 15 is 0 Å². The van der Waals surface area contributed by atoms with Crippen LogP contribution in [0.4, 0.5) is 0 Å². The van der Waals surface area contributed by atoms with Crippen molar-refractivity contribution in [1.29, 1.82) is 0 Å². The summed E-state index contributed by atoms with van der Waals surface area (Å²) >= 11 is 2.43. The molecule has 2 nitrogen and oxygen atoms in total. The van der Waals surface area contributed by atoms with Crippen molar-refractivity contribution < 1.29 is 4.74 Å². The Bertz CT molecular complexity index is 728. The number of para-hydroxylation sites is 1. The Labute approximate surface area is 158 Å². The van der Waals surface area contributed by atoms with Crippen molar-refractivity contribution in [3.05, 3.63) is 70.8 Å². The number of benzene rings is 2. The van der Waals surface area contributed by atoms with E-state index in [1.54, 1.807) is 12.7 Å². The van der Waals surface area contributed by atoms with Gasteiger partial charge >= 0.3 is 0 Å². The molecule has 1 fully saturated rings. The van der Waals surface area contributed by atoms with Gasteiger partial charge in [-0.1, -0.05) is 70.6 Å². The number of halogens is 1. The Balaban J connectivity index is 2.16. The van der Waals surface area contributed by atoms with Crippen LogP contribution < -0.4 is 4.74 Å². The molecule has 0 spiro atoms. The summed E-state index contributed by atoms with van der Waals surface area (Å²) in [5, 5.41) is 0. The van der Waals surface area contributed by atoms with E-state index < -0.39 is 0 Å². The van der Waals surface area contributed by atoms with Gasteiger partial charge in [-0.05, 0) is 42.7 Å². The van der Waals surface area contributed by atoms with E-state index in [0.29, 0.717) is 0 Å². The van der Waals surface area contributed by atoms with Crippen LogP contribution in [0.25, 0.3) is 5.57 Å². The van der Waals surface area contributed by atoms with E-state index in [2.05, 4.69) is 77.0 Å². The second-order valence-electron chi connectivity index (χ2n) is 6.32. The standard InChI is InChI=1S/C21H24INO/c1-23-12-10-17(11-13-23)21(18-7-5-6-16(14-18)15-22)19-8-3-4-9-20(19)24-2/h3-9,14H,10-13,15H2,1-2H3. The molecule has 1 aliphatic heterocycles. The van der Waals surface area contributed by atoms with Crippen LogP contribution in [-0.4, -0.2) is 32.1 Å². The number of hydrogen-bond donors (Lipinski definition) is 0. The van der Waals surface area contributed by atoms with Gasteiger partial charge in [0.15, 0.2) is 0 Å². The van der Waals surface area contributed by atoms with Crippen molar-refractivity contribution >= 4 is 28.2 Å². The molecule has 0 aliphatic carbocycles. The zero-order valence-corrected chi connectivity index (χ0v) is 16.5. The molecule has 0 aromatic heterocycles. The summed E-state index contributed by atoms with van der Waals surface area (Å²) in [6, 6.07) is 17.4. The molecule has 3 heteroatoms. The Kier molecular flexibility index (Phi) is 5.95. The molecule has 2 aromatic rings. The summed E-state index contributed by atoms with van der Waals surface area (Å²) in [4.78, 5) is 2.41. The minimum absolute atomic E-state index is 0.957. The highest BCUT2D eigenvalue weighted by molar-refractivity contribution is 14.1. The van der Waals surface area contributed by atoms with Crippen molar-refractivity contribution in [1.82, 2.24) is 4.90 Å². The largest absolute Gasteiger partial charge is 0.496 e. The maximum Gasteiger partial charge on any atom is 0.126 e. The number of rotatable bonds is 4. The smallest absolute Gasteiger partial charge is 0.126 e. The monoisotopic (exact) mass is 433 g/mol. The second kappa shape index (κ2) is 8.17. The fourth-order valence-corrected chi connectivity index (χ4v) is 3.82. The molecule has 0 saturated carbocycles. The minimum atomic E-state index is 0.957. The third-order valence-electron chi connectivity index (χ3n) is 4.69. The highest BCUT2D eigenvalue weighted by Crippen LogP contribution is 2.37. The van der Waals surface area contributed by atoms with Crippen LogP contribution in [-0.2, 0) is 4.43 Å². The van der Waals surface area contributed by atoms with Crippen molar-refractivity contribution in [3.8, 4) is 5.75 Å². The van der Waals surface area contributed by atoms with Crippen molar-refractivity contribution in [2.45, 2.75) is 17.3 Å². The molecule has 0 radical (unpaired) electrons. The summed E-state index contributed by atoms with van der Waals surface area (Å²) in [5.41, 5.74) is 6.81. The van der Waals surface area contributed by atoms with Gasteiger partial charge in [-0.25, -0.2) is 0 Å². The minimum Gasteiger partial charge on any atom is -0.496 e. The van der Waals surface area contributed by atoms with Gasteiger partial charge in [-0.15, -0.1) is 0 Å². The lowest BCUT2D eigenvalue weighted by molar-refractivity contribution is 0.313. The van der Waals surface area contributed by atoms with Crippen LogP contribution >= 0.6 is 22.6 Å². The topological polar surface area (TPSA) is 12.5 Å². The van der Waals surface area contributed by atoms with E-state index in [1.165, 1.54) is 22.3 Å². The third-order valence-corrected chi connectivity index (χ3v) is 5.57. The summed E-state index contributed by atoms with van der Waals surface area (Å²) in [6.45, 7) is 2.25. The van der Waals surface area contributed by atoms with Crippen LogP contribution in [0.5, 0.6) is 5.75 Å². The van der Waals surface area contributed by atoms with Crippen LogP contribution in [0.1, 0.15) is 29.5 Å². The van der Waals surface area contributed by atoms with Crippen molar-refractivity contribution in [2.24, 2.45) is 0 Å². The van der Waals surface area contributed by atoms with Gasteiger partial charge in [-0.2, -0.15) is 0 Å². The molecule has 0 atom stereocenters. The summed E-state index contributed by atoms with van der Waals surface area (Å²) in [7, 11) is 3.97. The average Bonchev–Trinajstić information content (AvgIpc) is 2.64. The number of methoxy groups -OCH3 is 1. The van der Waals surface area contributed by atoms with E-state index in [9.17, 15) is 0 Å². The molecule has 2 aromatic carbocycles. The van der Waals surface area contributed by atoms with Gasteiger partial charge in [0, 0.05) is 23.1 Å². The van der Waals surface area contributed by atoms with E-state index in [-0.39, 0.29) is 0 Å². The van der Waals surface area contributed by atoms with Crippen LogP contribution in [0.3, 0.4) is 0 Å². The summed E-state index contributed by atoms with van der Waals surface area (Å²) in [6.07, 6.45) is 2.25. The molecule has 0 amide bonds.